The van der Waals surface area contributed by atoms with Gasteiger partial charge >= 0.3 is 0 Å². The summed E-state index contributed by atoms with van der Waals surface area (Å²) in [5.41, 5.74) is 7.77. The molecule has 2 N–H and O–H groups in total. The first kappa shape index (κ1) is 13.6. The molecule has 0 aromatic heterocycles. The van der Waals surface area contributed by atoms with Crippen LogP contribution in [0.15, 0.2) is 47.5 Å². The smallest absolute Gasteiger partial charge is 0.126 e. The highest BCUT2D eigenvalue weighted by atomic mass is 35.5. The van der Waals surface area contributed by atoms with Gasteiger partial charge < -0.3 is 5.73 Å². The Kier molecular flexibility index (Phi) is 4.17. The van der Waals surface area contributed by atoms with Crippen molar-refractivity contribution in [1.82, 2.24) is 0 Å². The molecule has 2 nitrogen and oxygen atoms in total. The number of nitrogens with zero attached hydrogens (tertiary/aromatic N) is 1. The molecule has 98 valence electrons. The second kappa shape index (κ2) is 5.85. The van der Waals surface area contributed by atoms with Crippen LogP contribution >= 0.6 is 11.6 Å². The van der Waals surface area contributed by atoms with Gasteiger partial charge in [0.25, 0.3) is 0 Å². The Morgan fingerprint density at radius 2 is 1.95 bits per heavy atom. The fourth-order valence-corrected chi connectivity index (χ4v) is 2.04. The minimum atomic E-state index is -0.234. The van der Waals surface area contributed by atoms with Gasteiger partial charge in [0, 0.05) is 11.4 Å². The van der Waals surface area contributed by atoms with Gasteiger partial charge in [-0.3, -0.25) is 0 Å². The van der Waals surface area contributed by atoms with E-state index in [-0.39, 0.29) is 5.82 Å². The lowest BCUT2D eigenvalue weighted by Crippen LogP contribution is -2.04. The van der Waals surface area contributed by atoms with E-state index in [4.69, 9.17) is 17.3 Å². The molecule has 0 amide bonds. The van der Waals surface area contributed by atoms with Crippen LogP contribution in [0.4, 0.5) is 10.1 Å². The van der Waals surface area contributed by atoms with Gasteiger partial charge in [-0.2, -0.15) is 0 Å². The first-order valence-corrected chi connectivity index (χ1v) is 6.26. The third-order valence-corrected chi connectivity index (χ3v) is 2.91. The number of amidine groups is 1. The number of benzene rings is 2. The molecule has 2 rings (SSSR count). The van der Waals surface area contributed by atoms with E-state index >= 15 is 0 Å². The fraction of sp³-hybridized carbons (Fsp3) is 0.133. The maximum absolute atomic E-state index is 13.7. The second-order valence-corrected chi connectivity index (χ2v) is 4.73. The summed E-state index contributed by atoms with van der Waals surface area (Å²) in [7, 11) is 0. The summed E-state index contributed by atoms with van der Waals surface area (Å²) < 4.78 is 13.7. The Balaban J connectivity index is 2.41. The van der Waals surface area contributed by atoms with Crippen molar-refractivity contribution in [1.29, 1.82) is 0 Å². The molecule has 0 saturated carbocycles. The number of halogens is 2. The molecular weight excluding hydrogens is 263 g/mol. The number of aliphatic imine (C=N–C) groups is 1. The predicted molar refractivity (Wildman–Crippen MR) is 77.6 cm³/mol. The van der Waals surface area contributed by atoms with Gasteiger partial charge in [0.15, 0.2) is 0 Å². The molecule has 19 heavy (non-hydrogen) atoms. The van der Waals surface area contributed by atoms with E-state index in [0.717, 1.165) is 5.56 Å². The molecule has 0 aliphatic carbocycles. The van der Waals surface area contributed by atoms with E-state index in [0.29, 0.717) is 28.5 Å². The van der Waals surface area contributed by atoms with Crippen LogP contribution in [-0.2, 0) is 6.42 Å². The number of hydrogen-bond acceptors (Lipinski definition) is 1. The monoisotopic (exact) mass is 276 g/mol. The van der Waals surface area contributed by atoms with E-state index in [2.05, 4.69) is 4.99 Å². The minimum Gasteiger partial charge on any atom is -0.387 e. The highest BCUT2D eigenvalue weighted by molar-refractivity contribution is 6.30. The largest absolute Gasteiger partial charge is 0.387 e. The summed E-state index contributed by atoms with van der Waals surface area (Å²) in [4.78, 5) is 4.24. The van der Waals surface area contributed by atoms with Crippen molar-refractivity contribution in [3.05, 3.63) is 64.4 Å². The van der Waals surface area contributed by atoms with Crippen molar-refractivity contribution < 1.29 is 4.39 Å². The molecule has 0 atom stereocenters. The zero-order chi connectivity index (χ0) is 13.8. The molecule has 2 aromatic rings. The van der Waals surface area contributed by atoms with Crippen LogP contribution in [0.5, 0.6) is 0 Å². The zero-order valence-corrected chi connectivity index (χ0v) is 11.3. The molecule has 0 bridgehead atoms. The van der Waals surface area contributed by atoms with E-state index < -0.39 is 0 Å². The number of rotatable bonds is 3. The van der Waals surface area contributed by atoms with E-state index in [9.17, 15) is 4.39 Å². The molecular formula is C15H14ClFN2. The SMILES string of the molecule is CC(N)=Nc1ccc(Cl)cc1Cc1ccccc1F. The molecule has 4 heteroatoms. The third-order valence-electron chi connectivity index (χ3n) is 2.68. The van der Waals surface area contributed by atoms with Crippen LogP contribution in [0.2, 0.25) is 5.02 Å². The van der Waals surface area contributed by atoms with Crippen LogP contribution in [-0.4, -0.2) is 5.84 Å². The van der Waals surface area contributed by atoms with Gasteiger partial charge in [0.05, 0.1) is 11.5 Å². The highest BCUT2D eigenvalue weighted by Crippen LogP contribution is 2.26. The lowest BCUT2D eigenvalue weighted by atomic mass is 10.0. The Labute approximate surface area is 116 Å². The van der Waals surface area contributed by atoms with Gasteiger partial charge in [-0.15, -0.1) is 0 Å². The third kappa shape index (κ3) is 3.55. The number of hydrogen-bond donors (Lipinski definition) is 1. The van der Waals surface area contributed by atoms with Crippen LogP contribution in [0.1, 0.15) is 18.1 Å². The van der Waals surface area contributed by atoms with Crippen molar-refractivity contribution in [2.75, 3.05) is 0 Å². The zero-order valence-electron chi connectivity index (χ0n) is 10.5. The summed E-state index contributed by atoms with van der Waals surface area (Å²) >= 11 is 5.99. The van der Waals surface area contributed by atoms with Crippen molar-refractivity contribution in [2.24, 2.45) is 10.7 Å². The number of nitrogens with two attached hydrogens (primary N) is 1. The van der Waals surface area contributed by atoms with E-state index in [1.165, 1.54) is 6.07 Å². The van der Waals surface area contributed by atoms with Crippen LogP contribution in [0, 0.1) is 5.82 Å². The molecule has 0 fully saturated rings. The first-order chi connectivity index (χ1) is 9.06. The van der Waals surface area contributed by atoms with Gasteiger partial charge in [-0.05, 0) is 42.3 Å². The summed E-state index contributed by atoms with van der Waals surface area (Å²) in [6, 6.07) is 12.0. The average molecular weight is 277 g/mol. The maximum Gasteiger partial charge on any atom is 0.126 e. The lowest BCUT2D eigenvalue weighted by Gasteiger charge is -2.08. The molecule has 0 aliphatic rings. The molecule has 2 aromatic carbocycles. The van der Waals surface area contributed by atoms with Gasteiger partial charge in [0.2, 0.25) is 0 Å². The van der Waals surface area contributed by atoms with Gasteiger partial charge in [-0.25, -0.2) is 9.38 Å². The molecule has 0 spiro atoms. The highest BCUT2D eigenvalue weighted by Gasteiger charge is 2.07. The normalized spacial score (nSPS) is 11.6. The second-order valence-electron chi connectivity index (χ2n) is 4.29. The summed E-state index contributed by atoms with van der Waals surface area (Å²) in [5.74, 6) is 0.221. The topological polar surface area (TPSA) is 38.4 Å². The molecule has 0 radical (unpaired) electrons. The van der Waals surface area contributed by atoms with Crippen molar-refractivity contribution in [2.45, 2.75) is 13.3 Å². The quantitative estimate of drug-likeness (QED) is 0.666. The Morgan fingerprint density at radius 1 is 1.21 bits per heavy atom. The van der Waals surface area contributed by atoms with Gasteiger partial charge in [0.1, 0.15) is 5.82 Å². The Morgan fingerprint density at radius 3 is 2.63 bits per heavy atom. The first-order valence-electron chi connectivity index (χ1n) is 5.89. The minimum absolute atomic E-state index is 0.234. The summed E-state index contributed by atoms with van der Waals surface area (Å²) in [6.07, 6.45) is 0.430. The summed E-state index contributed by atoms with van der Waals surface area (Å²) in [6.45, 7) is 1.71. The van der Waals surface area contributed by atoms with Crippen molar-refractivity contribution in [3.63, 3.8) is 0 Å². The predicted octanol–water partition coefficient (Wildman–Crippen LogP) is 4.08. The molecule has 0 saturated heterocycles. The lowest BCUT2D eigenvalue weighted by molar-refractivity contribution is 0.614. The standard InChI is InChI=1S/C15H14ClFN2/c1-10(18)19-15-7-6-13(16)9-12(15)8-11-4-2-3-5-14(11)17/h2-7,9H,8H2,1H3,(H2,18,19). The van der Waals surface area contributed by atoms with Gasteiger partial charge in [-0.1, -0.05) is 29.8 Å². The van der Waals surface area contributed by atoms with Crippen LogP contribution < -0.4 is 5.73 Å². The average Bonchev–Trinajstić information content (AvgIpc) is 2.35. The fourth-order valence-electron chi connectivity index (χ4n) is 1.84. The molecule has 0 heterocycles. The maximum atomic E-state index is 13.7. The van der Waals surface area contributed by atoms with E-state index in [1.807, 2.05) is 0 Å². The Hall–Kier alpha value is -1.87. The summed E-state index contributed by atoms with van der Waals surface area (Å²) in [5, 5.41) is 0.597. The Bertz CT molecular complexity index is 619. The van der Waals surface area contributed by atoms with Crippen molar-refractivity contribution in [3.8, 4) is 0 Å². The van der Waals surface area contributed by atoms with E-state index in [1.54, 1.807) is 43.3 Å². The molecule has 0 unspecified atom stereocenters. The van der Waals surface area contributed by atoms with Crippen molar-refractivity contribution >= 4 is 23.1 Å². The molecule has 0 aliphatic heterocycles. The van der Waals surface area contributed by atoms with Crippen LogP contribution in [0.25, 0.3) is 0 Å². The van der Waals surface area contributed by atoms with Crippen LogP contribution in [0.3, 0.4) is 0 Å².